The molecular formula is C16H14BrF3N2. The minimum Gasteiger partial charge on any atom is -0.338 e. The smallest absolute Gasteiger partial charge is 0.338 e. The Morgan fingerprint density at radius 3 is 2.23 bits per heavy atom. The average Bonchev–Trinajstić information content (AvgIpc) is 2.92. The third kappa shape index (κ3) is 3.50. The van der Waals surface area contributed by atoms with Gasteiger partial charge in [0.15, 0.2) is 0 Å². The SMILES string of the molecule is CC.FC(F)(F)c1ccc2nc(-c3ccc(Br)cc3)[nH]c2c1. The maximum atomic E-state index is 12.7. The molecule has 0 aliphatic rings. The van der Waals surface area contributed by atoms with Gasteiger partial charge in [-0.15, -0.1) is 0 Å². The molecule has 0 saturated carbocycles. The van der Waals surface area contributed by atoms with Gasteiger partial charge in [0.25, 0.3) is 0 Å². The quantitative estimate of drug-likeness (QED) is 0.555. The zero-order valence-electron chi connectivity index (χ0n) is 12.0. The van der Waals surface area contributed by atoms with E-state index in [2.05, 4.69) is 25.9 Å². The topological polar surface area (TPSA) is 28.7 Å². The van der Waals surface area contributed by atoms with Gasteiger partial charge in [-0.25, -0.2) is 4.98 Å². The van der Waals surface area contributed by atoms with Crippen LogP contribution in [0.4, 0.5) is 13.2 Å². The summed E-state index contributed by atoms with van der Waals surface area (Å²) in [4.78, 5) is 7.21. The molecule has 0 bridgehead atoms. The summed E-state index contributed by atoms with van der Waals surface area (Å²) < 4.78 is 38.9. The highest BCUT2D eigenvalue weighted by Crippen LogP contribution is 2.31. The highest BCUT2D eigenvalue weighted by molar-refractivity contribution is 9.10. The summed E-state index contributed by atoms with van der Waals surface area (Å²) in [5.41, 5.74) is 1.02. The zero-order chi connectivity index (χ0) is 16.3. The molecule has 6 heteroatoms. The van der Waals surface area contributed by atoms with Crippen molar-refractivity contribution in [1.29, 1.82) is 0 Å². The second-order valence-corrected chi connectivity index (χ2v) is 5.24. The van der Waals surface area contributed by atoms with E-state index in [0.717, 1.165) is 22.2 Å². The van der Waals surface area contributed by atoms with Crippen molar-refractivity contribution >= 4 is 27.0 Å². The average molecular weight is 371 g/mol. The van der Waals surface area contributed by atoms with Gasteiger partial charge in [-0.1, -0.05) is 41.9 Å². The summed E-state index contributed by atoms with van der Waals surface area (Å²) in [6.07, 6.45) is -4.35. The Morgan fingerprint density at radius 2 is 1.64 bits per heavy atom. The van der Waals surface area contributed by atoms with E-state index in [-0.39, 0.29) is 0 Å². The van der Waals surface area contributed by atoms with Crippen molar-refractivity contribution in [2.45, 2.75) is 20.0 Å². The molecule has 0 radical (unpaired) electrons. The fourth-order valence-electron chi connectivity index (χ4n) is 1.93. The Labute approximate surface area is 134 Å². The molecule has 0 aliphatic heterocycles. The predicted octanol–water partition coefficient (Wildman–Crippen LogP) is 6.04. The van der Waals surface area contributed by atoms with E-state index in [1.165, 1.54) is 6.07 Å². The van der Waals surface area contributed by atoms with Crippen molar-refractivity contribution < 1.29 is 13.2 Å². The summed E-state index contributed by atoms with van der Waals surface area (Å²) in [7, 11) is 0. The molecule has 1 heterocycles. The number of nitrogens with one attached hydrogen (secondary N) is 1. The number of halogens is 4. The zero-order valence-corrected chi connectivity index (χ0v) is 13.6. The Bertz CT molecular complexity index is 761. The van der Waals surface area contributed by atoms with E-state index in [0.29, 0.717) is 16.9 Å². The van der Waals surface area contributed by atoms with Gasteiger partial charge in [0, 0.05) is 10.0 Å². The van der Waals surface area contributed by atoms with Crippen molar-refractivity contribution in [3.05, 3.63) is 52.5 Å². The van der Waals surface area contributed by atoms with Crippen molar-refractivity contribution in [2.75, 3.05) is 0 Å². The third-order valence-electron chi connectivity index (χ3n) is 2.93. The minimum atomic E-state index is -4.35. The normalized spacial score (nSPS) is 11.2. The van der Waals surface area contributed by atoms with E-state index in [9.17, 15) is 13.2 Å². The predicted molar refractivity (Wildman–Crippen MR) is 85.6 cm³/mol. The molecule has 1 N–H and O–H groups in total. The number of H-pyrrole nitrogens is 1. The lowest BCUT2D eigenvalue weighted by atomic mass is 10.2. The van der Waals surface area contributed by atoms with Gasteiger partial charge in [-0.3, -0.25) is 0 Å². The van der Waals surface area contributed by atoms with Crippen LogP contribution in [0.15, 0.2) is 46.9 Å². The van der Waals surface area contributed by atoms with Gasteiger partial charge in [-0.05, 0) is 30.3 Å². The van der Waals surface area contributed by atoms with E-state index in [1.54, 1.807) is 0 Å². The van der Waals surface area contributed by atoms with Crippen LogP contribution in [0.1, 0.15) is 19.4 Å². The largest absolute Gasteiger partial charge is 0.416 e. The first kappa shape index (κ1) is 16.5. The van der Waals surface area contributed by atoms with E-state index in [1.807, 2.05) is 38.1 Å². The molecule has 0 spiro atoms. The molecule has 2 nitrogen and oxygen atoms in total. The van der Waals surface area contributed by atoms with Crippen LogP contribution >= 0.6 is 15.9 Å². The van der Waals surface area contributed by atoms with E-state index < -0.39 is 11.7 Å². The molecule has 116 valence electrons. The first-order chi connectivity index (χ1) is 10.4. The number of rotatable bonds is 1. The highest BCUT2D eigenvalue weighted by atomic mass is 79.9. The van der Waals surface area contributed by atoms with Crippen LogP contribution in [-0.4, -0.2) is 9.97 Å². The number of benzene rings is 2. The summed E-state index contributed by atoms with van der Waals surface area (Å²) in [5.74, 6) is 0.548. The molecule has 2 aromatic carbocycles. The van der Waals surface area contributed by atoms with Crippen molar-refractivity contribution in [1.82, 2.24) is 9.97 Å². The first-order valence-electron chi connectivity index (χ1n) is 6.76. The summed E-state index contributed by atoms with van der Waals surface area (Å²) >= 11 is 3.33. The summed E-state index contributed by atoms with van der Waals surface area (Å²) in [5, 5.41) is 0. The van der Waals surface area contributed by atoms with Crippen LogP contribution in [0, 0.1) is 0 Å². The van der Waals surface area contributed by atoms with Crippen LogP contribution in [0.3, 0.4) is 0 Å². The lowest BCUT2D eigenvalue weighted by Gasteiger charge is -2.05. The van der Waals surface area contributed by atoms with Crippen molar-refractivity contribution in [3.8, 4) is 11.4 Å². The molecule has 22 heavy (non-hydrogen) atoms. The maximum Gasteiger partial charge on any atom is 0.416 e. The molecule has 0 aliphatic carbocycles. The Balaban J connectivity index is 0.000000847. The molecule has 3 rings (SSSR count). The number of imidazole rings is 1. The molecule has 0 unspecified atom stereocenters. The van der Waals surface area contributed by atoms with Gasteiger partial charge in [0.2, 0.25) is 0 Å². The van der Waals surface area contributed by atoms with Crippen molar-refractivity contribution in [3.63, 3.8) is 0 Å². The number of aromatic amines is 1. The minimum absolute atomic E-state index is 0.373. The number of fused-ring (bicyclic) bond motifs is 1. The number of hydrogen-bond acceptors (Lipinski definition) is 1. The van der Waals surface area contributed by atoms with Gasteiger partial charge in [-0.2, -0.15) is 13.2 Å². The number of aromatic nitrogens is 2. The van der Waals surface area contributed by atoms with Gasteiger partial charge >= 0.3 is 6.18 Å². The van der Waals surface area contributed by atoms with E-state index >= 15 is 0 Å². The molecule has 0 fully saturated rings. The van der Waals surface area contributed by atoms with Crippen LogP contribution in [0.5, 0.6) is 0 Å². The summed E-state index contributed by atoms with van der Waals surface area (Å²) in [6.45, 7) is 4.00. The fourth-order valence-corrected chi connectivity index (χ4v) is 2.19. The van der Waals surface area contributed by atoms with Crippen LogP contribution in [0.25, 0.3) is 22.4 Å². The molecule has 0 amide bonds. The molecule has 0 saturated heterocycles. The first-order valence-corrected chi connectivity index (χ1v) is 7.56. The molecule has 0 atom stereocenters. The molecule has 1 aromatic heterocycles. The Hall–Kier alpha value is -1.82. The lowest BCUT2D eigenvalue weighted by molar-refractivity contribution is -0.137. The van der Waals surface area contributed by atoms with Crippen LogP contribution in [0.2, 0.25) is 0 Å². The molecular weight excluding hydrogens is 357 g/mol. The Kier molecular flexibility index (Phi) is 4.90. The fraction of sp³-hybridized carbons (Fsp3) is 0.188. The number of hydrogen-bond donors (Lipinski definition) is 1. The van der Waals surface area contributed by atoms with E-state index in [4.69, 9.17) is 0 Å². The maximum absolute atomic E-state index is 12.7. The number of alkyl halides is 3. The van der Waals surface area contributed by atoms with Crippen LogP contribution < -0.4 is 0 Å². The third-order valence-corrected chi connectivity index (χ3v) is 3.46. The van der Waals surface area contributed by atoms with Gasteiger partial charge in [0.05, 0.1) is 16.6 Å². The lowest BCUT2D eigenvalue weighted by Crippen LogP contribution is -2.04. The summed E-state index contributed by atoms with van der Waals surface area (Å²) in [6, 6.07) is 10.9. The second-order valence-electron chi connectivity index (χ2n) is 4.32. The van der Waals surface area contributed by atoms with Crippen molar-refractivity contribution in [2.24, 2.45) is 0 Å². The molecule has 3 aromatic rings. The Morgan fingerprint density at radius 1 is 1.00 bits per heavy atom. The van der Waals surface area contributed by atoms with Crippen LogP contribution in [-0.2, 0) is 6.18 Å². The van der Waals surface area contributed by atoms with Gasteiger partial charge < -0.3 is 4.98 Å². The standard InChI is InChI=1S/C14H8BrF3N2.C2H6/c15-10-4-1-8(2-5-10)13-19-11-6-3-9(14(16,17)18)7-12(11)20-13;1-2/h1-7H,(H,19,20);1-2H3. The van der Waals surface area contributed by atoms with Gasteiger partial charge in [0.1, 0.15) is 5.82 Å². The second kappa shape index (κ2) is 6.52. The highest BCUT2D eigenvalue weighted by Gasteiger charge is 2.30. The monoisotopic (exact) mass is 370 g/mol. The number of nitrogens with zero attached hydrogens (tertiary/aromatic N) is 1.